The summed E-state index contributed by atoms with van der Waals surface area (Å²) in [5.74, 6) is -1.05. The van der Waals surface area contributed by atoms with Crippen LogP contribution in [0.25, 0.3) is 0 Å². The number of amides is 3. The first kappa shape index (κ1) is 31.3. The van der Waals surface area contributed by atoms with Gasteiger partial charge in [-0.05, 0) is 36.8 Å². The predicted molar refractivity (Wildman–Crippen MR) is 146 cm³/mol. The summed E-state index contributed by atoms with van der Waals surface area (Å²) in [6.07, 6.45) is 1.90. The van der Waals surface area contributed by atoms with Gasteiger partial charge in [-0.15, -0.1) is 0 Å². The summed E-state index contributed by atoms with van der Waals surface area (Å²) in [7, 11) is 0. The van der Waals surface area contributed by atoms with Crippen LogP contribution in [0, 0.1) is 0 Å². The third-order valence-electron chi connectivity index (χ3n) is 5.93. The van der Waals surface area contributed by atoms with Gasteiger partial charge in [-0.25, -0.2) is 9.59 Å². The number of aliphatic hydroxyl groups is 1. The lowest BCUT2D eigenvalue weighted by Crippen LogP contribution is -2.52. The number of aliphatic hydroxyl groups excluding tert-OH is 1. The smallest absolute Gasteiger partial charge is 0.408 e. The summed E-state index contributed by atoms with van der Waals surface area (Å²) in [6, 6.07) is 16.7. The summed E-state index contributed by atoms with van der Waals surface area (Å²) in [5.41, 5.74) is 1.69. The maximum atomic E-state index is 13.0. The molecule has 0 aromatic heterocycles. The second kappa shape index (κ2) is 18.4. The van der Waals surface area contributed by atoms with Crippen LogP contribution >= 0.6 is 0 Å². The number of hydrogen-bond donors (Lipinski definition) is 4. The highest BCUT2D eigenvalue weighted by atomic mass is 16.6. The van der Waals surface area contributed by atoms with Crippen molar-refractivity contribution in [3.05, 3.63) is 71.8 Å². The monoisotopic (exact) mass is 541 g/mol. The Morgan fingerprint density at radius 3 is 1.87 bits per heavy atom. The van der Waals surface area contributed by atoms with E-state index in [4.69, 9.17) is 9.47 Å². The molecule has 0 saturated heterocycles. The minimum absolute atomic E-state index is 0.0637. The first-order valence-corrected chi connectivity index (χ1v) is 13.3. The Bertz CT molecular complexity index is 1020. The van der Waals surface area contributed by atoms with Crippen molar-refractivity contribution >= 4 is 23.9 Å². The zero-order valence-electron chi connectivity index (χ0n) is 22.4. The molecule has 0 bridgehead atoms. The molecule has 0 aliphatic rings. The molecular weight excluding hydrogens is 502 g/mol. The number of hydrogen-bond acceptors (Lipinski definition) is 7. The number of ketones is 1. The third kappa shape index (κ3) is 12.9. The first-order valence-electron chi connectivity index (χ1n) is 13.3. The lowest BCUT2D eigenvalue weighted by atomic mass is 10.0. The number of benzene rings is 2. The Kier molecular flexibility index (Phi) is 14.7. The number of ether oxygens (including phenoxy) is 2. The summed E-state index contributed by atoms with van der Waals surface area (Å²) >= 11 is 0. The maximum absolute atomic E-state index is 13.0. The average molecular weight is 542 g/mol. The molecule has 2 rings (SSSR count). The largest absolute Gasteiger partial charge is 0.445 e. The number of carbonyl (C=O) groups excluding carboxylic acids is 4. The van der Waals surface area contributed by atoms with Crippen molar-refractivity contribution in [3.63, 3.8) is 0 Å². The van der Waals surface area contributed by atoms with Crippen LogP contribution in [0.5, 0.6) is 0 Å². The van der Waals surface area contributed by atoms with Crippen molar-refractivity contribution < 1.29 is 33.8 Å². The zero-order chi connectivity index (χ0) is 28.3. The molecular formula is C29H39N3O7. The molecule has 10 nitrogen and oxygen atoms in total. The Labute approximate surface area is 229 Å². The number of alkyl carbamates (subject to hydrolysis) is 2. The molecule has 0 aliphatic carbocycles. The van der Waals surface area contributed by atoms with E-state index in [1.165, 1.54) is 0 Å². The molecule has 2 unspecified atom stereocenters. The van der Waals surface area contributed by atoms with Gasteiger partial charge < -0.3 is 30.5 Å². The fraction of sp³-hybridized carbons (Fsp3) is 0.448. The molecule has 10 heteroatoms. The standard InChI is InChI=1S/C29H39N3O7/c1-2-3-16-25(32-29(37)39-21-23-14-8-5-9-15-23)27(35)31-24(26(34)19-33)17-10-11-18-30-28(36)38-20-22-12-6-4-7-13-22/h4-9,12-15,24-25,33H,2-3,10-11,16-21H2,1H3,(H,30,36)(H,31,35)(H,32,37). The van der Waals surface area contributed by atoms with Crippen LogP contribution in [0.2, 0.25) is 0 Å². The molecule has 4 N–H and O–H groups in total. The second-order valence-corrected chi connectivity index (χ2v) is 9.07. The van der Waals surface area contributed by atoms with E-state index in [1.807, 2.05) is 67.6 Å². The highest BCUT2D eigenvalue weighted by molar-refractivity contribution is 5.92. The number of unbranched alkanes of at least 4 members (excludes halogenated alkanes) is 2. The van der Waals surface area contributed by atoms with Crippen LogP contribution in [0.1, 0.15) is 56.6 Å². The Balaban J connectivity index is 1.78. The summed E-state index contributed by atoms with van der Waals surface area (Å²) < 4.78 is 10.4. The van der Waals surface area contributed by atoms with Crippen LogP contribution in [-0.4, -0.2) is 54.2 Å². The SMILES string of the molecule is CCCCC(NC(=O)OCc1ccccc1)C(=O)NC(CCCCNC(=O)OCc1ccccc1)C(=O)CO. The number of Topliss-reactive ketones (excluding diaryl/α,β-unsaturated/α-hetero) is 1. The zero-order valence-corrected chi connectivity index (χ0v) is 22.4. The fourth-order valence-electron chi connectivity index (χ4n) is 3.72. The average Bonchev–Trinajstić information content (AvgIpc) is 2.96. The van der Waals surface area contributed by atoms with E-state index in [0.717, 1.165) is 17.5 Å². The molecule has 2 aromatic carbocycles. The molecule has 0 saturated carbocycles. The molecule has 2 aromatic rings. The summed E-state index contributed by atoms with van der Waals surface area (Å²) in [5, 5.41) is 17.3. The van der Waals surface area contributed by atoms with Gasteiger partial charge in [0.25, 0.3) is 0 Å². The van der Waals surface area contributed by atoms with Gasteiger partial charge in [-0.2, -0.15) is 0 Å². The van der Waals surface area contributed by atoms with Crippen LogP contribution in [0.3, 0.4) is 0 Å². The van der Waals surface area contributed by atoms with E-state index in [1.54, 1.807) is 0 Å². The van der Waals surface area contributed by atoms with Crippen molar-refractivity contribution in [2.75, 3.05) is 13.2 Å². The van der Waals surface area contributed by atoms with Gasteiger partial charge in [0.05, 0.1) is 6.04 Å². The van der Waals surface area contributed by atoms with Gasteiger partial charge in [0.1, 0.15) is 25.9 Å². The van der Waals surface area contributed by atoms with Gasteiger partial charge in [-0.3, -0.25) is 9.59 Å². The summed E-state index contributed by atoms with van der Waals surface area (Å²) in [6.45, 7) is 1.80. The normalized spacial score (nSPS) is 12.1. The molecule has 0 heterocycles. The third-order valence-corrected chi connectivity index (χ3v) is 5.93. The van der Waals surface area contributed by atoms with Gasteiger partial charge in [0, 0.05) is 6.54 Å². The summed E-state index contributed by atoms with van der Waals surface area (Å²) in [4.78, 5) is 49.5. The van der Waals surface area contributed by atoms with Crippen molar-refractivity contribution in [2.24, 2.45) is 0 Å². The molecule has 212 valence electrons. The van der Waals surface area contributed by atoms with Crippen molar-refractivity contribution in [1.82, 2.24) is 16.0 Å². The maximum Gasteiger partial charge on any atom is 0.408 e. The molecule has 0 fully saturated rings. The van der Waals surface area contributed by atoms with E-state index in [2.05, 4.69) is 16.0 Å². The Morgan fingerprint density at radius 1 is 0.744 bits per heavy atom. The highest BCUT2D eigenvalue weighted by Crippen LogP contribution is 2.08. The van der Waals surface area contributed by atoms with Gasteiger partial charge in [0.2, 0.25) is 5.91 Å². The van der Waals surface area contributed by atoms with E-state index in [0.29, 0.717) is 32.2 Å². The van der Waals surface area contributed by atoms with E-state index in [-0.39, 0.29) is 19.6 Å². The predicted octanol–water partition coefficient (Wildman–Crippen LogP) is 3.61. The second-order valence-electron chi connectivity index (χ2n) is 9.07. The first-order chi connectivity index (χ1) is 18.9. The van der Waals surface area contributed by atoms with Gasteiger partial charge in [-0.1, -0.05) is 80.4 Å². The Hall–Kier alpha value is -3.92. The van der Waals surface area contributed by atoms with E-state index in [9.17, 15) is 24.3 Å². The van der Waals surface area contributed by atoms with Crippen molar-refractivity contribution in [2.45, 2.75) is 70.7 Å². The quantitative estimate of drug-likeness (QED) is 0.224. The molecule has 2 atom stereocenters. The van der Waals surface area contributed by atoms with Gasteiger partial charge >= 0.3 is 12.2 Å². The number of rotatable bonds is 17. The van der Waals surface area contributed by atoms with Crippen LogP contribution < -0.4 is 16.0 Å². The number of carbonyl (C=O) groups is 4. The van der Waals surface area contributed by atoms with Crippen molar-refractivity contribution in [3.8, 4) is 0 Å². The van der Waals surface area contributed by atoms with E-state index >= 15 is 0 Å². The lowest BCUT2D eigenvalue weighted by Gasteiger charge is -2.22. The lowest BCUT2D eigenvalue weighted by molar-refractivity contribution is -0.130. The van der Waals surface area contributed by atoms with Crippen LogP contribution in [-0.2, 0) is 32.3 Å². The molecule has 0 spiro atoms. The highest BCUT2D eigenvalue weighted by Gasteiger charge is 2.26. The topological polar surface area (TPSA) is 143 Å². The fourth-order valence-corrected chi connectivity index (χ4v) is 3.72. The molecule has 3 amide bonds. The Morgan fingerprint density at radius 2 is 1.31 bits per heavy atom. The molecule has 0 aliphatic heterocycles. The van der Waals surface area contributed by atoms with Crippen LogP contribution in [0.4, 0.5) is 9.59 Å². The van der Waals surface area contributed by atoms with Gasteiger partial charge in [0.15, 0.2) is 5.78 Å². The van der Waals surface area contributed by atoms with Crippen LogP contribution in [0.15, 0.2) is 60.7 Å². The minimum Gasteiger partial charge on any atom is -0.445 e. The molecule has 0 radical (unpaired) electrons. The van der Waals surface area contributed by atoms with E-state index < -0.39 is 42.6 Å². The number of nitrogens with one attached hydrogen (secondary N) is 3. The molecule has 39 heavy (non-hydrogen) atoms. The van der Waals surface area contributed by atoms with Crippen molar-refractivity contribution in [1.29, 1.82) is 0 Å². The minimum atomic E-state index is -0.918.